The monoisotopic (exact) mass is 593 g/mol. The van der Waals surface area contributed by atoms with Crippen molar-refractivity contribution >= 4 is 56.9 Å². The number of nitrogens with one attached hydrogen (secondary N) is 2. The number of hydrogen-bond acceptors (Lipinski definition) is 7. The summed E-state index contributed by atoms with van der Waals surface area (Å²) in [6.07, 6.45) is 1.56. The number of ether oxygens (including phenoxy) is 1. The summed E-state index contributed by atoms with van der Waals surface area (Å²) in [5.74, 6) is 0.322. The molecule has 0 saturated heterocycles. The molecule has 9 heteroatoms. The van der Waals surface area contributed by atoms with Crippen molar-refractivity contribution in [2.75, 3.05) is 11.9 Å². The van der Waals surface area contributed by atoms with E-state index in [4.69, 9.17) is 10.00 Å². The van der Waals surface area contributed by atoms with Crippen LogP contribution in [0.15, 0.2) is 77.2 Å². The summed E-state index contributed by atoms with van der Waals surface area (Å²) in [6.45, 7) is 2.04. The smallest absolute Gasteiger partial charge is 0.271 e. The van der Waals surface area contributed by atoms with Crippen LogP contribution in [0, 0.1) is 21.8 Å². The van der Waals surface area contributed by atoms with Crippen molar-refractivity contribution in [3.63, 3.8) is 0 Å². The van der Waals surface area contributed by atoms with Gasteiger partial charge in [-0.15, -0.1) is 11.3 Å². The fourth-order valence-corrected chi connectivity index (χ4v) is 4.51. The number of nitrogens with zero attached hydrogens (tertiary/aromatic N) is 3. The number of carbonyl (C=O) groups is 1. The highest BCUT2D eigenvalue weighted by atomic mass is 127. The molecular formula is C26H20IN5O2S. The molecule has 0 radical (unpaired) electrons. The molecule has 174 valence electrons. The molecule has 4 rings (SSSR count). The minimum atomic E-state index is -0.309. The van der Waals surface area contributed by atoms with Gasteiger partial charge in [-0.3, -0.25) is 4.79 Å². The quantitative estimate of drug-likeness (QED) is 0.146. The van der Waals surface area contributed by atoms with Crippen LogP contribution in [0.25, 0.3) is 11.3 Å². The maximum Gasteiger partial charge on any atom is 0.271 e. The Bertz CT molecular complexity index is 1390. The van der Waals surface area contributed by atoms with Crippen LogP contribution >= 0.6 is 33.9 Å². The zero-order valence-corrected chi connectivity index (χ0v) is 21.6. The molecule has 0 bridgehead atoms. The zero-order valence-electron chi connectivity index (χ0n) is 18.7. The molecule has 1 amide bonds. The minimum Gasteiger partial charge on any atom is -0.478 e. The standard InChI is InChI=1S/C26H20IN5O2S/c1-17-2-9-21(10-3-17)30-26-31-23(16-35-26)19-5-7-20(8-6-19)25(33)32-29-15-18-4-11-24(22(27)14-18)34-13-12-28/h2-11,14-16H,13H2,1H3,(H,30,31)(H,32,33)/b29-15-. The van der Waals surface area contributed by atoms with Crippen molar-refractivity contribution in [2.45, 2.75) is 6.92 Å². The molecule has 1 aromatic heterocycles. The number of amides is 1. The van der Waals surface area contributed by atoms with Crippen LogP contribution in [-0.4, -0.2) is 23.7 Å². The van der Waals surface area contributed by atoms with E-state index in [-0.39, 0.29) is 12.5 Å². The summed E-state index contributed by atoms with van der Waals surface area (Å²) < 4.78 is 6.17. The fourth-order valence-electron chi connectivity index (χ4n) is 3.07. The number of aromatic nitrogens is 1. The number of benzene rings is 3. The van der Waals surface area contributed by atoms with Gasteiger partial charge in [0.25, 0.3) is 5.91 Å². The summed E-state index contributed by atoms with van der Waals surface area (Å²) in [4.78, 5) is 17.1. The number of hydrazone groups is 1. The summed E-state index contributed by atoms with van der Waals surface area (Å²) >= 11 is 3.65. The summed E-state index contributed by atoms with van der Waals surface area (Å²) in [5.41, 5.74) is 7.79. The molecule has 0 aliphatic heterocycles. The van der Waals surface area contributed by atoms with Crippen LogP contribution in [0.5, 0.6) is 5.75 Å². The van der Waals surface area contributed by atoms with Crippen molar-refractivity contribution < 1.29 is 9.53 Å². The predicted molar refractivity (Wildman–Crippen MR) is 147 cm³/mol. The number of halogens is 1. The van der Waals surface area contributed by atoms with Gasteiger partial charge in [-0.25, -0.2) is 10.4 Å². The third-order valence-corrected chi connectivity index (χ3v) is 6.48. The van der Waals surface area contributed by atoms with Gasteiger partial charge in [0, 0.05) is 22.2 Å². The molecule has 0 fully saturated rings. The van der Waals surface area contributed by atoms with E-state index in [1.807, 2.05) is 41.8 Å². The third-order valence-electron chi connectivity index (χ3n) is 4.88. The van der Waals surface area contributed by atoms with Gasteiger partial charge in [0.1, 0.15) is 11.8 Å². The highest BCUT2D eigenvalue weighted by Gasteiger charge is 2.08. The molecule has 4 aromatic rings. The van der Waals surface area contributed by atoms with Gasteiger partial charge in [0.05, 0.1) is 15.5 Å². The van der Waals surface area contributed by atoms with Gasteiger partial charge in [0.2, 0.25) is 0 Å². The average molecular weight is 593 g/mol. The number of thiazole rings is 1. The highest BCUT2D eigenvalue weighted by Crippen LogP contribution is 2.27. The van der Waals surface area contributed by atoms with Crippen LogP contribution in [0.1, 0.15) is 21.5 Å². The first-order chi connectivity index (χ1) is 17.0. The largest absolute Gasteiger partial charge is 0.478 e. The highest BCUT2D eigenvalue weighted by molar-refractivity contribution is 14.1. The Morgan fingerprint density at radius 1 is 1.17 bits per heavy atom. The Labute approximate surface area is 220 Å². The lowest BCUT2D eigenvalue weighted by molar-refractivity contribution is 0.0955. The van der Waals surface area contributed by atoms with Gasteiger partial charge in [-0.05, 0) is 77.5 Å². The predicted octanol–water partition coefficient (Wildman–Crippen LogP) is 6.13. The van der Waals surface area contributed by atoms with Gasteiger partial charge in [-0.1, -0.05) is 29.8 Å². The van der Waals surface area contributed by atoms with Gasteiger partial charge >= 0.3 is 0 Å². The van der Waals surface area contributed by atoms with E-state index < -0.39 is 0 Å². The summed E-state index contributed by atoms with van der Waals surface area (Å²) in [5, 5.41) is 18.8. The Hall–Kier alpha value is -3.75. The maximum absolute atomic E-state index is 12.5. The fraction of sp³-hybridized carbons (Fsp3) is 0.0769. The molecule has 0 spiro atoms. The Morgan fingerprint density at radius 2 is 1.94 bits per heavy atom. The molecule has 0 aliphatic rings. The van der Waals surface area contributed by atoms with E-state index in [9.17, 15) is 4.79 Å². The number of carbonyl (C=O) groups excluding carboxylic acids is 1. The number of nitriles is 1. The molecule has 0 atom stereocenters. The summed E-state index contributed by atoms with van der Waals surface area (Å²) in [7, 11) is 0. The zero-order chi connectivity index (χ0) is 24.6. The normalized spacial score (nSPS) is 10.7. The van der Waals surface area contributed by atoms with E-state index in [2.05, 4.69) is 62.5 Å². The Morgan fingerprint density at radius 3 is 2.66 bits per heavy atom. The topological polar surface area (TPSA) is 99.4 Å². The Balaban J connectivity index is 1.34. The lowest BCUT2D eigenvalue weighted by Crippen LogP contribution is -2.17. The number of hydrogen-bond donors (Lipinski definition) is 2. The molecule has 35 heavy (non-hydrogen) atoms. The molecule has 0 saturated carbocycles. The number of aryl methyl sites for hydroxylation is 1. The van der Waals surface area contributed by atoms with Crippen LogP contribution in [0.3, 0.4) is 0 Å². The van der Waals surface area contributed by atoms with E-state index in [0.29, 0.717) is 11.3 Å². The molecule has 3 aromatic carbocycles. The molecular weight excluding hydrogens is 573 g/mol. The van der Waals surface area contributed by atoms with E-state index in [1.54, 1.807) is 30.5 Å². The first kappa shape index (κ1) is 24.4. The van der Waals surface area contributed by atoms with Gasteiger partial charge in [0.15, 0.2) is 11.7 Å². The first-order valence-electron chi connectivity index (χ1n) is 10.5. The molecule has 0 unspecified atom stereocenters. The second-order valence-electron chi connectivity index (χ2n) is 7.44. The average Bonchev–Trinajstić information content (AvgIpc) is 3.33. The van der Waals surface area contributed by atoms with Crippen molar-refractivity contribution in [3.05, 3.63) is 92.4 Å². The lowest BCUT2D eigenvalue weighted by Gasteiger charge is -2.05. The van der Waals surface area contributed by atoms with E-state index >= 15 is 0 Å². The molecule has 2 N–H and O–H groups in total. The Kier molecular flexibility index (Phi) is 8.07. The van der Waals surface area contributed by atoms with Crippen molar-refractivity contribution in [1.29, 1.82) is 5.26 Å². The van der Waals surface area contributed by atoms with Crippen molar-refractivity contribution in [2.24, 2.45) is 5.10 Å². The third kappa shape index (κ3) is 6.65. The van der Waals surface area contributed by atoms with E-state index in [0.717, 1.165) is 31.2 Å². The maximum atomic E-state index is 12.5. The van der Waals surface area contributed by atoms with Crippen molar-refractivity contribution in [3.8, 4) is 23.1 Å². The van der Waals surface area contributed by atoms with E-state index in [1.165, 1.54) is 16.9 Å². The second-order valence-corrected chi connectivity index (χ2v) is 9.46. The molecule has 1 heterocycles. The van der Waals surface area contributed by atoms with Crippen LogP contribution in [0.2, 0.25) is 0 Å². The SMILES string of the molecule is Cc1ccc(Nc2nc(-c3ccc(C(=O)N/N=C\c4ccc(OCC#N)c(I)c4)cc3)cs2)cc1. The van der Waals surface area contributed by atoms with Gasteiger partial charge < -0.3 is 10.1 Å². The van der Waals surface area contributed by atoms with Crippen molar-refractivity contribution in [1.82, 2.24) is 10.4 Å². The van der Waals surface area contributed by atoms with Crippen LogP contribution in [-0.2, 0) is 0 Å². The van der Waals surface area contributed by atoms with Crippen LogP contribution < -0.4 is 15.5 Å². The minimum absolute atomic E-state index is 0.00770. The number of rotatable bonds is 8. The lowest BCUT2D eigenvalue weighted by atomic mass is 10.1. The first-order valence-corrected chi connectivity index (χ1v) is 12.5. The van der Waals surface area contributed by atoms with Gasteiger partial charge in [-0.2, -0.15) is 10.4 Å². The number of anilines is 2. The van der Waals surface area contributed by atoms with Crippen LogP contribution in [0.4, 0.5) is 10.8 Å². The molecule has 7 nitrogen and oxygen atoms in total. The molecule has 0 aliphatic carbocycles. The second kappa shape index (κ2) is 11.6. The summed E-state index contributed by atoms with van der Waals surface area (Å²) in [6, 6.07) is 22.7.